The lowest BCUT2D eigenvalue weighted by molar-refractivity contribution is -0.383. The molecule has 0 aliphatic heterocycles. The molecule has 17 heavy (non-hydrogen) atoms. The molecule has 0 aliphatic rings. The molecule has 7 nitrogen and oxygen atoms in total. The number of hydrogen-bond donors (Lipinski definition) is 1. The second kappa shape index (κ2) is 3.97. The number of nitro benzene ring substituents is 1. The number of hydrogen-bond acceptors (Lipinski definition) is 5. The first-order chi connectivity index (χ1) is 7.91. The van der Waals surface area contributed by atoms with Crippen molar-refractivity contribution in [2.45, 2.75) is 0 Å². The van der Waals surface area contributed by atoms with Crippen molar-refractivity contribution in [1.82, 2.24) is 4.98 Å². The molecule has 0 saturated heterocycles. The van der Waals surface area contributed by atoms with Gasteiger partial charge in [0.25, 0.3) is 0 Å². The maximum Gasteiger partial charge on any atom is 0.419 e. The molecule has 0 fully saturated rings. The third-order valence-electron chi connectivity index (χ3n) is 2.01. The second-order valence-corrected chi connectivity index (χ2v) is 4.23. The fourth-order valence-corrected chi connectivity index (χ4v) is 1.97. The van der Waals surface area contributed by atoms with Gasteiger partial charge in [0.1, 0.15) is 10.5 Å². The van der Waals surface area contributed by atoms with E-state index in [0.29, 0.717) is 0 Å². The second-order valence-electron chi connectivity index (χ2n) is 3.00. The van der Waals surface area contributed by atoms with Gasteiger partial charge in [-0.1, -0.05) is 11.6 Å². The maximum atomic E-state index is 11.4. The third kappa shape index (κ3) is 1.85. The third-order valence-corrected chi connectivity index (χ3v) is 3.25. The van der Waals surface area contributed by atoms with Gasteiger partial charge in [0.2, 0.25) is 0 Å². The Bertz CT molecular complexity index is 750. The Kier molecular flexibility index (Phi) is 2.76. The largest absolute Gasteiger partial charge is 0.419 e. The van der Waals surface area contributed by atoms with Crippen LogP contribution in [0.5, 0.6) is 0 Å². The van der Waals surface area contributed by atoms with E-state index in [1.807, 2.05) is 0 Å². The van der Waals surface area contributed by atoms with Gasteiger partial charge in [0, 0.05) is 4.47 Å². The summed E-state index contributed by atoms with van der Waals surface area (Å²) >= 11 is 8.71. The van der Waals surface area contributed by atoms with Crippen LogP contribution in [-0.4, -0.2) is 9.91 Å². The minimum atomic E-state index is -1.08. The molecule has 1 aromatic heterocycles. The van der Waals surface area contributed by atoms with Gasteiger partial charge in [-0.2, -0.15) is 0 Å². The molecular formula is C8H2BrClN2O5. The first kappa shape index (κ1) is 11.8. The van der Waals surface area contributed by atoms with Crippen molar-refractivity contribution in [3.05, 3.63) is 46.6 Å². The van der Waals surface area contributed by atoms with Crippen molar-refractivity contribution >= 4 is 44.1 Å². The zero-order valence-electron chi connectivity index (χ0n) is 7.82. The van der Waals surface area contributed by atoms with Crippen LogP contribution in [0, 0.1) is 10.1 Å². The fraction of sp³-hybridized carbons (Fsp3) is 0. The smallest absolute Gasteiger partial charge is 0.372 e. The maximum absolute atomic E-state index is 11.4. The summed E-state index contributed by atoms with van der Waals surface area (Å²) in [6, 6.07) is 1.24. The highest BCUT2D eigenvalue weighted by molar-refractivity contribution is 9.10. The zero-order valence-corrected chi connectivity index (χ0v) is 10.2. The van der Waals surface area contributed by atoms with Crippen LogP contribution in [0.25, 0.3) is 10.9 Å². The standard InChI is InChI=1S/C8H2BrClN2O5/c9-3-1-2-5(6(4(3)10)12(15)16)11-8(14)17-7(2)13/h1H,(H,11,14). The number of H-pyrrole nitrogens is 1. The lowest BCUT2D eigenvalue weighted by atomic mass is 10.2. The highest BCUT2D eigenvalue weighted by Gasteiger charge is 2.23. The molecule has 88 valence electrons. The lowest BCUT2D eigenvalue weighted by Gasteiger charge is -2.01. The minimum Gasteiger partial charge on any atom is -0.372 e. The molecule has 0 unspecified atom stereocenters. The van der Waals surface area contributed by atoms with Crippen LogP contribution in [0.2, 0.25) is 5.02 Å². The van der Waals surface area contributed by atoms with Crippen molar-refractivity contribution in [1.29, 1.82) is 0 Å². The average Bonchev–Trinajstić information content (AvgIpc) is 2.20. The highest BCUT2D eigenvalue weighted by Crippen LogP contribution is 2.36. The molecule has 0 radical (unpaired) electrons. The number of nitro groups is 1. The van der Waals surface area contributed by atoms with Gasteiger partial charge >= 0.3 is 17.1 Å². The van der Waals surface area contributed by atoms with Crippen LogP contribution in [0.15, 0.2) is 24.5 Å². The Hall–Kier alpha value is -1.67. The van der Waals surface area contributed by atoms with Gasteiger partial charge in [0.05, 0.1) is 10.3 Å². The van der Waals surface area contributed by atoms with E-state index < -0.39 is 22.0 Å². The molecule has 0 amide bonds. The molecule has 0 saturated carbocycles. The normalized spacial score (nSPS) is 10.7. The van der Waals surface area contributed by atoms with Crippen LogP contribution in [0.4, 0.5) is 5.69 Å². The molecule has 0 aliphatic carbocycles. The van der Waals surface area contributed by atoms with E-state index in [1.165, 1.54) is 6.07 Å². The van der Waals surface area contributed by atoms with Crippen LogP contribution in [-0.2, 0) is 0 Å². The van der Waals surface area contributed by atoms with Crippen molar-refractivity contribution in [3.8, 4) is 0 Å². The first-order valence-corrected chi connectivity index (χ1v) is 5.28. The highest BCUT2D eigenvalue weighted by atomic mass is 79.9. The van der Waals surface area contributed by atoms with E-state index in [4.69, 9.17) is 11.6 Å². The summed E-state index contributed by atoms with van der Waals surface area (Å²) in [6.07, 6.45) is 0. The SMILES string of the molecule is O=c1[nH]c2c([N+](=O)[O-])c(Cl)c(Br)cc2c(=O)o1. The number of rotatable bonds is 1. The zero-order chi connectivity index (χ0) is 12.7. The average molecular weight is 321 g/mol. The van der Waals surface area contributed by atoms with Gasteiger partial charge in [0.15, 0.2) is 0 Å². The topological polar surface area (TPSA) is 106 Å². The summed E-state index contributed by atoms with van der Waals surface area (Å²) in [7, 11) is 0. The van der Waals surface area contributed by atoms with E-state index in [2.05, 4.69) is 25.3 Å². The Morgan fingerprint density at radius 2 is 2.12 bits per heavy atom. The van der Waals surface area contributed by atoms with E-state index in [1.54, 1.807) is 0 Å². The van der Waals surface area contributed by atoms with Crippen molar-refractivity contribution in [2.75, 3.05) is 0 Å². The summed E-state index contributed by atoms with van der Waals surface area (Å²) in [5, 5.41) is 10.5. The fourth-order valence-electron chi connectivity index (χ4n) is 1.34. The van der Waals surface area contributed by atoms with E-state index >= 15 is 0 Å². The molecule has 1 heterocycles. The number of nitrogens with zero attached hydrogens (tertiary/aromatic N) is 1. The molecule has 0 bridgehead atoms. The number of nitrogens with one attached hydrogen (secondary N) is 1. The first-order valence-electron chi connectivity index (χ1n) is 4.11. The van der Waals surface area contributed by atoms with Gasteiger partial charge in [-0.15, -0.1) is 0 Å². The quantitative estimate of drug-likeness (QED) is 0.637. The Morgan fingerprint density at radius 3 is 2.71 bits per heavy atom. The molecule has 2 aromatic rings. The minimum absolute atomic E-state index is 0.132. The van der Waals surface area contributed by atoms with Crippen LogP contribution >= 0.6 is 27.5 Å². The summed E-state index contributed by atoms with van der Waals surface area (Å²) in [6.45, 7) is 0. The molecule has 1 N–H and O–H groups in total. The van der Waals surface area contributed by atoms with Crippen LogP contribution < -0.4 is 11.4 Å². The van der Waals surface area contributed by atoms with Crippen LogP contribution in [0.3, 0.4) is 0 Å². The number of fused-ring (bicyclic) bond motifs is 1. The number of halogens is 2. The number of aromatic nitrogens is 1. The molecule has 9 heteroatoms. The van der Waals surface area contributed by atoms with Crippen molar-refractivity contribution in [3.63, 3.8) is 0 Å². The summed E-state index contributed by atoms with van der Waals surface area (Å²) in [5.41, 5.74) is -1.78. The van der Waals surface area contributed by atoms with Crippen molar-refractivity contribution < 1.29 is 9.34 Å². The Morgan fingerprint density at radius 1 is 1.47 bits per heavy atom. The summed E-state index contributed by atoms with van der Waals surface area (Å²) < 4.78 is 4.43. The molecular weight excluding hydrogens is 319 g/mol. The van der Waals surface area contributed by atoms with Gasteiger partial charge in [-0.05, 0) is 22.0 Å². The van der Waals surface area contributed by atoms with Gasteiger partial charge < -0.3 is 4.42 Å². The Balaban J connectivity index is 3.14. The monoisotopic (exact) mass is 320 g/mol. The molecule has 1 aromatic carbocycles. The number of aromatic amines is 1. The van der Waals surface area contributed by atoms with E-state index in [9.17, 15) is 19.7 Å². The summed E-state index contributed by atoms with van der Waals surface area (Å²) in [4.78, 5) is 34.5. The Labute approximate surface area is 105 Å². The summed E-state index contributed by atoms with van der Waals surface area (Å²) in [5.74, 6) is -1.08. The predicted molar refractivity (Wildman–Crippen MR) is 62.5 cm³/mol. The predicted octanol–water partition coefficient (Wildman–Crippen LogP) is 1.81. The molecule has 2 rings (SSSR count). The van der Waals surface area contributed by atoms with Gasteiger partial charge in [-0.25, -0.2) is 9.59 Å². The van der Waals surface area contributed by atoms with Gasteiger partial charge in [-0.3, -0.25) is 15.1 Å². The number of benzene rings is 1. The van der Waals surface area contributed by atoms with E-state index in [-0.39, 0.29) is 20.4 Å². The van der Waals surface area contributed by atoms with Crippen molar-refractivity contribution in [2.24, 2.45) is 0 Å². The van der Waals surface area contributed by atoms with E-state index in [0.717, 1.165) is 0 Å². The van der Waals surface area contributed by atoms with Crippen LogP contribution in [0.1, 0.15) is 0 Å². The molecule has 0 atom stereocenters. The lowest BCUT2D eigenvalue weighted by Crippen LogP contribution is -2.15. The molecule has 0 spiro atoms.